The van der Waals surface area contributed by atoms with Crippen molar-refractivity contribution < 1.29 is 5.11 Å². The molecule has 1 unspecified atom stereocenters. The van der Waals surface area contributed by atoms with E-state index in [9.17, 15) is 5.11 Å². The van der Waals surface area contributed by atoms with Crippen LogP contribution in [0.25, 0.3) is 0 Å². The number of hydrogen-bond acceptors (Lipinski definition) is 2. The zero-order valence-electron chi connectivity index (χ0n) is 3.92. The van der Waals surface area contributed by atoms with Gasteiger partial charge in [-0.2, -0.15) is 11.8 Å². The van der Waals surface area contributed by atoms with E-state index in [-0.39, 0.29) is 5.44 Å². The molecule has 1 rings (SSSR count). The fourth-order valence-corrected chi connectivity index (χ4v) is 2.62. The molecule has 7 heavy (non-hydrogen) atoms. The van der Waals surface area contributed by atoms with E-state index in [1.165, 1.54) is 5.75 Å². The summed E-state index contributed by atoms with van der Waals surface area (Å²) in [6.07, 6.45) is 0. The lowest BCUT2D eigenvalue weighted by Crippen LogP contribution is -2.10. The van der Waals surface area contributed by atoms with Crippen LogP contribution in [0.5, 0.6) is 0 Å². The molecule has 0 aliphatic carbocycles. The lowest BCUT2D eigenvalue weighted by molar-refractivity contribution is 0.184. The summed E-state index contributed by atoms with van der Waals surface area (Å²) in [5.41, 5.74) is -0.334. The largest absolute Gasteiger partial charge is 0.220 e. The van der Waals surface area contributed by atoms with Gasteiger partial charge in [-0.05, 0) is 0 Å². The quantitative estimate of drug-likeness (QED) is 0.497. The van der Waals surface area contributed by atoms with Crippen molar-refractivity contribution in [1.29, 1.82) is 0 Å². The molecule has 1 heterocycles. The van der Waals surface area contributed by atoms with Gasteiger partial charge in [-0.3, -0.25) is 0 Å². The molecule has 0 spiro atoms. The maximum atomic E-state index is 10.5. The molecule has 1 fully saturated rings. The van der Waals surface area contributed by atoms with Crippen LogP contribution in [0.4, 0.5) is 0 Å². The Kier molecular flexibility index (Phi) is 2.35. The van der Waals surface area contributed by atoms with Gasteiger partial charge in [0.15, 0.2) is 0 Å². The average Bonchev–Trinajstić information content (AvgIpc) is 1.69. The molecule has 1 radical (unpaired) electrons. The monoisotopic (exact) mass is 135 g/mol. The van der Waals surface area contributed by atoms with E-state index in [0.29, 0.717) is 0 Å². The molecule has 1 nitrogen and oxygen atoms in total. The first kappa shape index (κ1) is 5.79. The molecule has 0 aromatic rings. The second-order valence-electron chi connectivity index (χ2n) is 1.38. The number of thioether (sulfide) groups is 2. The normalized spacial score (nSPS) is 33.0. The Hall–Kier alpha value is 0.660. The second-order valence-corrected chi connectivity index (χ2v) is 3.79. The molecule has 0 N–H and O–H groups in total. The van der Waals surface area contributed by atoms with E-state index in [1.54, 1.807) is 23.5 Å². The minimum atomic E-state index is -0.334. The summed E-state index contributed by atoms with van der Waals surface area (Å²) < 4.78 is 0. The van der Waals surface area contributed by atoms with E-state index < -0.39 is 0 Å². The van der Waals surface area contributed by atoms with E-state index >= 15 is 0 Å². The molecule has 3 heteroatoms. The smallest absolute Gasteiger partial charge is 0.147 e. The highest BCUT2D eigenvalue weighted by Gasteiger charge is 2.10. The van der Waals surface area contributed by atoms with Crippen molar-refractivity contribution in [2.24, 2.45) is 0 Å². The minimum absolute atomic E-state index is 0.334. The topological polar surface area (TPSA) is 19.9 Å². The van der Waals surface area contributed by atoms with Crippen LogP contribution >= 0.6 is 23.5 Å². The molecular formula is C4H7OS2. The molecule has 0 aromatic carbocycles. The predicted octanol–water partition coefficient (Wildman–Crippen LogP) is 1.22. The number of hydrogen-bond donors (Lipinski definition) is 0. The van der Waals surface area contributed by atoms with Gasteiger partial charge in [-0.15, -0.1) is 11.8 Å². The lowest BCUT2D eigenvalue weighted by Gasteiger charge is -2.11. The third-order valence-corrected chi connectivity index (χ3v) is 3.26. The Morgan fingerprint density at radius 1 is 1.43 bits per heavy atom. The van der Waals surface area contributed by atoms with Gasteiger partial charge in [0, 0.05) is 17.3 Å². The van der Waals surface area contributed by atoms with Crippen LogP contribution in [0, 0.1) is 0 Å². The summed E-state index contributed by atoms with van der Waals surface area (Å²) in [7, 11) is 0. The molecular weight excluding hydrogens is 128 g/mol. The highest BCUT2D eigenvalue weighted by atomic mass is 32.2. The summed E-state index contributed by atoms with van der Waals surface area (Å²) in [5.74, 6) is 3.03. The molecule has 0 aromatic heterocycles. The maximum absolute atomic E-state index is 10.5. The van der Waals surface area contributed by atoms with E-state index in [0.717, 1.165) is 11.5 Å². The Morgan fingerprint density at radius 2 is 2.29 bits per heavy atom. The highest BCUT2D eigenvalue weighted by molar-refractivity contribution is 8.06. The molecule has 41 valence electrons. The molecule has 1 aliphatic rings. The van der Waals surface area contributed by atoms with Crippen molar-refractivity contribution >= 4 is 23.5 Å². The fraction of sp³-hybridized carbons (Fsp3) is 1.00. The van der Waals surface area contributed by atoms with Gasteiger partial charge < -0.3 is 0 Å². The summed E-state index contributed by atoms with van der Waals surface area (Å²) in [6.45, 7) is 0. The van der Waals surface area contributed by atoms with Crippen LogP contribution in [-0.4, -0.2) is 22.7 Å². The zero-order valence-corrected chi connectivity index (χ0v) is 5.56. The standard InChI is InChI=1S/C4H7OS2/c5-4-3-6-1-2-7-4/h4H,1-3H2. The summed E-state index contributed by atoms with van der Waals surface area (Å²) in [5, 5.41) is 10.5. The van der Waals surface area contributed by atoms with Gasteiger partial charge in [0.05, 0.1) is 0 Å². The Balaban J connectivity index is 2.12. The highest BCUT2D eigenvalue weighted by Crippen LogP contribution is 2.21. The second kappa shape index (κ2) is 2.84. The van der Waals surface area contributed by atoms with Crippen LogP contribution in [-0.2, 0) is 5.11 Å². The number of rotatable bonds is 0. The van der Waals surface area contributed by atoms with Crippen LogP contribution in [0.15, 0.2) is 0 Å². The molecule has 0 amide bonds. The van der Waals surface area contributed by atoms with Crippen molar-refractivity contribution in [3.05, 3.63) is 0 Å². The summed E-state index contributed by atoms with van der Waals surface area (Å²) >= 11 is 3.31. The maximum Gasteiger partial charge on any atom is 0.147 e. The molecule has 1 saturated heterocycles. The van der Waals surface area contributed by atoms with Gasteiger partial charge in [0.2, 0.25) is 0 Å². The SMILES string of the molecule is [O]C1CSCCS1. The first-order chi connectivity index (χ1) is 3.39. The fourth-order valence-electron chi connectivity index (χ4n) is 0.466. The lowest BCUT2D eigenvalue weighted by atomic mass is 10.8. The first-order valence-corrected chi connectivity index (χ1v) is 4.45. The molecule has 1 aliphatic heterocycles. The van der Waals surface area contributed by atoms with Crippen molar-refractivity contribution in [2.75, 3.05) is 17.3 Å². The van der Waals surface area contributed by atoms with Crippen LogP contribution in [0.2, 0.25) is 0 Å². The zero-order chi connectivity index (χ0) is 5.11. The van der Waals surface area contributed by atoms with E-state index in [4.69, 9.17) is 0 Å². The first-order valence-electron chi connectivity index (χ1n) is 2.25. The minimum Gasteiger partial charge on any atom is -0.220 e. The third kappa shape index (κ3) is 1.93. The Bertz CT molecular complexity index is 51.7. The van der Waals surface area contributed by atoms with Crippen molar-refractivity contribution in [1.82, 2.24) is 0 Å². The van der Waals surface area contributed by atoms with Crippen molar-refractivity contribution in [2.45, 2.75) is 5.44 Å². The van der Waals surface area contributed by atoms with E-state index in [2.05, 4.69) is 0 Å². The third-order valence-electron chi connectivity index (χ3n) is 0.785. The van der Waals surface area contributed by atoms with Gasteiger partial charge in [0.25, 0.3) is 0 Å². The average molecular weight is 135 g/mol. The Morgan fingerprint density at radius 3 is 2.57 bits per heavy atom. The van der Waals surface area contributed by atoms with Gasteiger partial charge in [0.1, 0.15) is 5.44 Å². The molecule has 1 atom stereocenters. The van der Waals surface area contributed by atoms with Crippen LogP contribution in [0.1, 0.15) is 0 Å². The van der Waals surface area contributed by atoms with Gasteiger partial charge in [-0.25, -0.2) is 5.11 Å². The molecule has 0 bridgehead atoms. The Labute approximate surface area is 51.9 Å². The summed E-state index contributed by atoms with van der Waals surface area (Å²) in [4.78, 5) is 0. The van der Waals surface area contributed by atoms with Crippen LogP contribution in [0.3, 0.4) is 0 Å². The predicted molar refractivity (Wildman–Crippen MR) is 34.3 cm³/mol. The summed E-state index contributed by atoms with van der Waals surface area (Å²) in [6, 6.07) is 0. The van der Waals surface area contributed by atoms with E-state index in [1.807, 2.05) is 0 Å². The van der Waals surface area contributed by atoms with Gasteiger partial charge >= 0.3 is 0 Å². The van der Waals surface area contributed by atoms with Gasteiger partial charge in [-0.1, -0.05) is 0 Å². The molecule has 0 saturated carbocycles. The van der Waals surface area contributed by atoms with Crippen molar-refractivity contribution in [3.8, 4) is 0 Å². The van der Waals surface area contributed by atoms with Crippen molar-refractivity contribution in [3.63, 3.8) is 0 Å². The van der Waals surface area contributed by atoms with Crippen LogP contribution < -0.4 is 0 Å².